The average molecular weight is 330 g/mol. The molecule has 0 radical (unpaired) electrons. The van der Waals surface area contributed by atoms with Gasteiger partial charge in [0, 0.05) is 4.88 Å². The van der Waals surface area contributed by atoms with Gasteiger partial charge in [0.15, 0.2) is 6.61 Å². The molecule has 2 heterocycles. The summed E-state index contributed by atoms with van der Waals surface area (Å²) in [5.74, 6) is 0.734. The van der Waals surface area contributed by atoms with Crippen LogP contribution in [0.4, 0.5) is 5.95 Å². The first-order chi connectivity index (χ1) is 11.0. The summed E-state index contributed by atoms with van der Waals surface area (Å²) in [4.78, 5) is 18.2. The zero-order chi connectivity index (χ0) is 16.6. The van der Waals surface area contributed by atoms with Crippen molar-refractivity contribution in [2.75, 3.05) is 11.9 Å². The van der Waals surface area contributed by atoms with Gasteiger partial charge in [-0.1, -0.05) is 23.5 Å². The Hall–Kier alpha value is -2.41. The molecule has 23 heavy (non-hydrogen) atoms. The number of nitrogens with one attached hydrogen (secondary N) is 1. The molecule has 2 aromatic heterocycles. The molecule has 0 aliphatic heterocycles. The van der Waals surface area contributed by atoms with Gasteiger partial charge in [-0.05, 0) is 44.9 Å². The first-order valence-corrected chi connectivity index (χ1v) is 8.09. The highest BCUT2D eigenvalue weighted by atomic mass is 32.1. The Balaban J connectivity index is 1.65. The van der Waals surface area contributed by atoms with E-state index in [9.17, 15) is 4.79 Å². The van der Waals surface area contributed by atoms with E-state index >= 15 is 0 Å². The van der Waals surface area contributed by atoms with Gasteiger partial charge in [-0.15, -0.1) is 5.10 Å². The largest absolute Gasteiger partial charge is 0.483 e. The first-order valence-electron chi connectivity index (χ1n) is 7.27. The molecule has 0 saturated heterocycles. The standard InChI is InChI=1S/C16H18N4O2S/c1-9-6-5-7-13(10(9)2)22-8-14(21)17-15-18-16-20(19-15)11(3)12(4)23-16/h5-7H,8H2,1-4H3,(H,17,19,21). The van der Waals surface area contributed by atoms with Crippen molar-refractivity contribution >= 4 is 28.2 Å². The minimum Gasteiger partial charge on any atom is -0.483 e. The maximum absolute atomic E-state index is 12.0. The van der Waals surface area contributed by atoms with Crippen LogP contribution in [0.25, 0.3) is 4.96 Å². The van der Waals surface area contributed by atoms with Gasteiger partial charge >= 0.3 is 0 Å². The molecule has 120 valence electrons. The molecule has 3 rings (SSSR count). The molecule has 1 N–H and O–H groups in total. The van der Waals surface area contributed by atoms with Crippen molar-refractivity contribution in [2.45, 2.75) is 27.7 Å². The normalized spacial score (nSPS) is 11.0. The third kappa shape index (κ3) is 3.05. The zero-order valence-corrected chi connectivity index (χ0v) is 14.3. The summed E-state index contributed by atoms with van der Waals surface area (Å²) < 4.78 is 7.32. The van der Waals surface area contributed by atoms with Crippen molar-refractivity contribution in [1.29, 1.82) is 0 Å². The van der Waals surface area contributed by atoms with Crippen molar-refractivity contribution in [3.8, 4) is 5.75 Å². The van der Waals surface area contributed by atoms with E-state index in [0.717, 1.165) is 26.7 Å². The van der Waals surface area contributed by atoms with Crippen LogP contribution in [0.3, 0.4) is 0 Å². The number of fused-ring (bicyclic) bond motifs is 1. The maximum atomic E-state index is 12.0. The number of benzene rings is 1. The van der Waals surface area contributed by atoms with Crippen LogP contribution < -0.4 is 10.1 Å². The van der Waals surface area contributed by atoms with E-state index in [0.29, 0.717) is 11.7 Å². The number of thiazole rings is 1. The summed E-state index contributed by atoms with van der Waals surface area (Å²) in [7, 11) is 0. The van der Waals surface area contributed by atoms with Gasteiger partial charge in [0.25, 0.3) is 11.9 Å². The Labute approximate surface area is 138 Å². The first kappa shape index (κ1) is 15.5. The van der Waals surface area contributed by atoms with Gasteiger partial charge in [-0.3, -0.25) is 10.1 Å². The second-order valence-electron chi connectivity index (χ2n) is 5.41. The molecule has 0 saturated carbocycles. The number of rotatable bonds is 4. The highest BCUT2D eigenvalue weighted by molar-refractivity contribution is 7.17. The summed E-state index contributed by atoms with van der Waals surface area (Å²) in [5.41, 5.74) is 3.20. The van der Waals surface area contributed by atoms with E-state index in [1.165, 1.54) is 0 Å². The minimum absolute atomic E-state index is 0.0742. The molecule has 0 unspecified atom stereocenters. The third-order valence-corrected chi connectivity index (χ3v) is 4.86. The molecule has 3 aromatic rings. The van der Waals surface area contributed by atoms with Crippen molar-refractivity contribution < 1.29 is 9.53 Å². The van der Waals surface area contributed by atoms with Crippen LogP contribution in [0.2, 0.25) is 0 Å². The second-order valence-corrected chi connectivity index (χ2v) is 6.59. The summed E-state index contributed by atoms with van der Waals surface area (Å²) in [6.07, 6.45) is 0. The molecule has 0 aliphatic carbocycles. The molecule has 1 amide bonds. The number of hydrogen-bond donors (Lipinski definition) is 1. The summed E-state index contributed by atoms with van der Waals surface area (Å²) in [6.45, 7) is 7.90. The van der Waals surface area contributed by atoms with E-state index in [1.807, 2.05) is 45.9 Å². The van der Waals surface area contributed by atoms with Crippen LogP contribution in [0.15, 0.2) is 18.2 Å². The van der Waals surface area contributed by atoms with Gasteiger partial charge < -0.3 is 4.74 Å². The van der Waals surface area contributed by atoms with Gasteiger partial charge in [0.05, 0.1) is 5.69 Å². The lowest BCUT2D eigenvalue weighted by Crippen LogP contribution is -2.21. The van der Waals surface area contributed by atoms with Crippen LogP contribution in [-0.2, 0) is 4.79 Å². The number of hydrogen-bond acceptors (Lipinski definition) is 5. The predicted octanol–water partition coefficient (Wildman–Crippen LogP) is 3.04. The van der Waals surface area contributed by atoms with E-state index < -0.39 is 0 Å². The van der Waals surface area contributed by atoms with Crippen LogP contribution in [-0.4, -0.2) is 27.1 Å². The maximum Gasteiger partial charge on any atom is 0.264 e. The molecule has 0 bridgehead atoms. The topological polar surface area (TPSA) is 68.5 Å². The quantitative estimate of drug-likeness (QED) is 0.798. The number of ether oxygens (including phenoxy) is 1. The Kier molecular flexibility index (Phi) is 4.04. The number of carbonyl (C=O) groups is 1. The SMILES string of the molecule is Cc1cccc(OCC(=O)Nc2nc3sc(C)c(C)n3n2)c1C. The summed E-state index contributed by atoms with van der Waals surface area (Å²) in [5, 5.41) is 6.96. The highest BCUT2D eigenvalue weighted by Gasteiger charge is 2.13. The molecule has 7 heteroatoms. The number of nitrogens with zero attached hydrogens (tertiary/aromatic N) is 3. The number of anilines is 1. The highest BCUT2D eigenvalue weighted by Crippen LogP contribution is 2.22. The number of amides is 1. The molecule has 0 spiro atoms. The van der Waals surface area contributed by atoms with Gasteiger partial charge in [0.2, 0.25) is 4.96 Å². The van der Waals surface area contributed by atoms with Crippen LogP contribution in [0.1, 0.15) is 21.7 Å². The van der Waals surface area contributed by atoms with Crippen molar-refractivity contribution in [2.24, 2.45) is 0 Å². The van der Waals surface area contributed by atoms with E-state index in [-0.39, 0.29) is 12.5 Å². The minimum atomic E-state index is -0.279. The molecular formula is C16H18N4O2S. The van der Waals surface area contributed by atoms with Gasteiger partial charge in [0.1, 0.15) is 5.75 Å². The van der Waals surface area contributed by atoms with Crippen molar-refractivity contribution in [1.82, 2.24) is 14.6 Å². The molecule has 6 nitrogen and oxygen atoms in total. The molecule has 0 atom stereocenters. The predicted molar refractivity (Wildman–Crippen MR) is 90.4 cm³/mol. The summed E-state index contributed by atoms with van der Waals surface area (Å²) in [6, 6.07) is 5.77. The molecule has 0 aliphatic rings. The fraction of sp³-hybridized carbons (Fsp3) is 0.312. The lowest BCUT2D eigenvalue weighted by atomic mass is 10.1. The fourth-order valence-electron chi connectivity index (χ4n) is 2.18. The van der Waals surface area contributed by atoms with Crippen LogP contribution in [0, 0.1) is 27.7 Å². The fourth-order valence-corrected chi connectivity index (χ4v) is 3.08. The monoisotopic (exact) mass is 330 g/mol. The number of carbonyl (C=O) groups excluding carboxylic acids is 1. The lowest BCUT2D eigenvalue weighted by molar-refractivity contribution is -0.118. The Bertz CT molecular complexity index is 882. The second kappa shape index (κ2) is 6.00. The van der Waals surface area contributed by atoms with E-state index in [4.69, 9.17) is 4.74 Å². The third-order valence-electron chi connectivity index (χ3n) is 3.81. The Morgan fingerprint density at radius 3 is 2.83 bits per heavy atom. The van der Waals surface area contributed by atoms with Crippen molar-refractivity contribution in [3.63, 3.8) is 0 Å². The number of aryl methyl sites for hydroxylation is 3. The Morgan fingerprint density at radius 2 is 2.09 bits per heavy atom. The average Bonchev–Trinajstić information content (AvgIpc) is 3.00. The van der Waals surface area contributed by atoms with E-state index in [2.05, 4.69) is 15.4 Å². The molecule has 1 aromatic carbocycles. The van der Waals surface area contributed by atoms with Crippen LogP contribution >= 0.6 is 11.3 Å². The number of aromatic nitrogens is 3. The molecule has 0 fully saturated rings. The zero-order valence-electron chi connectivity index (χ0n) is 13.5. The van der Waals surface area contributed by atoms with Gasteiger partial charge in [-0.2, -0.15) is 4.98 Å². The molecular weight excluding hydrogens is 312 g/mol. The lowest BCUT2D eigenvalue weighted by Gasteiger charge is -2.10. The van der Waals surface area contributed by atoms with Crippen LogP contribution in [0.5, 0.6) is 5.75 Å². The van der Waals surface area contributed by atoms with E-state index in [1.54, 1.807) is 15.9 Å². The smallest absolute Gasteiger partial charge is 0.264 e. The summed E-state index contributed by atoms with van der Waals surface area (Å²) >= 11 is 1.55. The van der Waals surface area contributed by atoms with Gasteiger partial charge in [-0.25, -0.2) is 4.52 Å². The Morgan fingerprint density at radius 1 is 1.30 bits per heavy atom. The van der Waals surface area contributed by atoms with Crippen molar-refractivity contribution in [3.05, 3.63) is 39.9 Å².